The molecule has 0 spiro atoms. The number of carbonyl (C=O) groups excluding carboxylic acids is 1. The maximum absolute atomic E-state index is 12.1. The lowest BCUT2D eigenvalue weighted by Crippen LogP contribution is -2.46. The van der Waals surface area contributed by atoms with Gasteiger partial charge in [0.05, 0.1) is 12.6 Å². The fourth-order valence-electron chi connectivity index (χ4n) is 2.76. The molecular weight excluding hydrogens is 288 g/mol. The Morgan fingerprint density at radius 3 is 2.90 bits per heavy atom. The van der Waals surface area contributed by atoms with Crippen molar-refractivity contribution < 1.29 is 9.21 Å². The van der Waals surface area contributed by atoms with Crippen LogP contribution in [0.15, 0.2) is 28.7 Å². The number of aryl methyl sites for hydroxylation is 1. The van der Waals surface area contributed by atoms with Gasteiger partial charge in [0.2, 0.25) is 5.91 Å². The molecule has 3 rings (SSSR count). The number of amides is 1. The number of hydrogen-bond donors (Lipinski definition) is 2. The number of hydrogen-bond acceptors (Lipinski definition) is 3. The second-order valence-electron chi connectivity index (χ2n) is 5.37. The van der Waals surface area contributed by atoms with Gasteiger partial charge in [-0.25, -0.2) is 0 Å². The molecule has 2 heterocycles. The molecule has 1 aliphatic rings. The van der Waals surface area contributed by atoms with Crippen LogP contribution in [0.3, 0.4) is 0 Å². The second kappa shape index (κ2) is 6.96. The third kappa shape index (κ3) is 3.39. The normalized spacial score (nSPS) is 18.2. The van der Waals surface area contributed by atoms with Crippen molar-refractivity contribution in [2.75, 3.05) is 6.54 Å². The van der Waals surface area contributed by atoms with Crippen molar-refractivity contribution in [3.05, 3.63) is 35.6 Å². The highest BCUT2D eigenvalue weighted by atomic mass is 35.5. The molecule has 114 valence electrons. The maximum atomic E-state index is 12.1. The lowest BCUT2D eigenvalue weighted by molar-refractivity contribution is -0.123. The number of rotatable bonds is 3. The molecule has 0 aliphatic carbocycles. The zero-order valence-electron chi connectivity index (χ0n) is 12.1. The van der Waals surface area contributed by atoms with E-state index in [1.165, 1.54) is 0 Å². The summed E-state index contributed by atoms with van der Waals surface area (Å²) in [6.07, 6.45) is 3.20. The summed E-state index contributed by atoms with van der Waals surface area (Å²) in [6.45, 7) is 3.42. The molecule has 0 saturated carbocycles. The Kier molecular flexibility index (Phi) is 5.26. The highest BCUT2D eigenvalue weighted by molar-refractivity contribution is 5.85. The minimum Gasteiger partial charge on any atom is -0.459 e. The molecule has 1 aromatic heterocycles. The van der Waals surface area contributed by atoms with Crippen LogP contribution in [-0.2, 0) is 11.3 Å². The van der Waals surface area contributed by atoms with Crippen LogP contribution in [0.5, 0.6) is 0 Å². The summed E-state index contributed by atoms with van der Waals surface area (Å²) in [4.78, 5) is 12.1. The van der Waals surface area contributed by atoms with Crippen molar-refractivity contribution in [3.8, 4) is 0 Å². The molecule has 5 heteroatoms. The van der Waals surface area contributed by atoms with Crippen molar-refractivity contribution in [2.45, 2.75) is 38.8 Å². The summed E-state index contributed by atoms with van der Waals surface area (Å²) in [5.74, 6) is 0.917. The van der Waals surface area contributed by atoms with E-state index in [2.05, 4.69) is 10.6 Å². The van der Waals surface area contributed by atoms with Crippen LogP contribution in [-0.4, -0.2) is 18.5 Å². The van der Waals surface area contributed by atoms with Gasteiger partial charge >= 0.3 is 0 Å². The van der Waals surface area contributed by atoms with Gasteiger partial charge < -0.3 is 15.1 Å². The smallest absolute Gasteiger partial charge is 0.237 e. The first-order chi connectivity index (χ1) is 9.75. The van der Waals surface area contributed by atoms with Crippen LogP contribution >= 0.6 is 12.4 Å². The summed E-state index contributed by atoms with van der Waals surface area (Å²) in [7, 11) is 0. The maximum Gasteiger partial charge on any atom is 0.237 e. The molecule has 1 aromatic carbocycles. The first-order valence-corrected chi connectivity index (χ1v) is 7.24. The fourth-order valence-corrected chi connectivity index (χ4v) is 2.76. The summed E-state index contributed by atoms with van der Waals surface area (Å²) in [5.41, 5.74) is 1.99. The molecule has 1 aliphatic heterocycles. The molecule has 0 bridgehead atoms. The number of furan rings is 1. The Bertz CT molecular complexity index is 618. The van der Waals surface area contributed by atoms with Crippen LogP contribution in [0.25, 0.3) is 11.0 Å². The van der Waals surface area contributed by atoms with Crippen molar-refractivity contribution >= 4 is 29.3 Å². The van der Waals surface area contributed by atoms with Crippen LogP contribution in [0.2, 0.25) is 0 Å². The Hall–Kier alpha value is -1.52. The van der Waals surface area contributed by atoms with E-state index in [1.807, 2.05) is 31.2 Å². The minimum atomic E-state index is -0.0477. The zero-order valence-corrected chi connectivity index (χ0v) is 13.0. The zero-order chi connectivity index (χ0) is 13.9. The average molecular weight is 309 g/mol. The lowest BCUT2D eigenvalue weighted by atomic mass is 10.0. The monoisotopic (exact) mass is 308 g/mol. The van der Waals surface area contributed by atoms with Crippen LogP contribution in [0.1, 0.15) is 30.6 Å². The van der Waals surface area contributed by atoms with Gasteiger partial charge in [0, 0.05) is 10.9 Å². The van der Waals surface area contributed by atoms with Crippen molar-refractivity contribution in [1.29, 1.82) is 0 Å². The first-order valence-electron chi connectivity index (χ1n) is 7.24. The first kappa shape index (κ1) is 15.9. The SMILES string of the molecule is Cc1c(CNC(=O)C2CCCCN2)oc2ccccc12.Cl. The number of halogens is 1. The van der Waals surface area contributed by atoms with E-state index in [9.17, 15) is 4.79 Å². The third-order valence-electron chi connectivity index (χ3n) is 3.99. The quantitative estimate of drug-likeness (QED) is 0.916. The predicted octanol–water partition coefficient (Wildman–Crippen LogP) is 2.92. The molecular formula is C16H21ClN2O2. The van der Waals surface area contributed by atoms with E-state index in [1.54, 1.807) is 0 Å². The van der Waals surface area contributed by atoms with Crippen molar-refractivity contribution in [2.24, 2.45) is 0 Å². The molecule has 21 heavy (non-hydrogen) atoms. The largest absolute Gasteiger partial charge is 0.459 e. The minimum absolute atomic E-state index is 0. The number of para-hydroxylation sites is 1. The van der Waals surface area contributed by atoms with E-state index in [0.29, 0.717) is 6.54 Å². The van der Waals surface area contributed by atoms with Gasteiger partial charge in [0.1, 0.15) is 11.3 Å². The van der Waals surface area contributed by atoms with Crippen LogP contribution < -0.4 is 10.6 Å². The molecule has 1 fully saturated rings. The summed E-state index contributed by atoms with van der Waals surface area (Å²) in [5, 5.41) is 7.35. The van der Waals surface area contributed by atoms with E-state index in [4.69, 9.17) is 4.42 Å². The molecule has 2 N–H and O–H groups in total. The number of nitrogens with one attached hydrogen (secondary N) is 2. The summed E-state index contributed by atoms with van der Waals surface area (Å²) in [6, 6.07) is 7.91. The molecule has 4 nitrogen and oxygen atoms in total. The molecule has 1 unspecified atom stereocenters. The molecule has 0 radical (unpaired) electrons. The van der Waals surface area contributed by atoms with E-state index in [0.717, 1.165) is 48.1 Å². The lowest BCUT2D eigenvalue weighted by Gasteiger charge is -2.22. The Morgan fingerprint density at radius 2 is 2.19 bits per heavy atom. The Balaban J connectivity index is 0.00000161. The fraction of sp³-hybridized carbons (Fsp3) is 0.438. The van der Waals surface area contributed by atoms with E-state index in [-0.39, 0.29) is 24.4 Å². The van der Waals surface area contributed by atoms with Crippen LogP contribution in [0.4, 0.5) is 0 Å². The van der Waals surface area contributed by atoms with Gasteiger partial charge in [0.25, 0.3) is 0 Å². The van der Waals surface area contributed by atoms with E-state index < -0.39 is 0 Å². The van der Waals surface area contributed by atoms with Gasteiger partial charge in [-0.15, -0.1) is 12.4 Å². The molecule has 1 saturated heterocycles. The predicted molar refractivity (Wildman–Crippen MR) is 85.7 cm³/mol. The average Bonchev–Trinajstić information content (AvgIpc) is 2.83. The second-order valence-corrected chi connectivity index (χ2v) is 5.37. The van der Waals surface area contributed by atoms with Gasteiger partial charge in [-0.05, 0) is 32.4 Å². The molecule has 1 amide bonds. The number of carbonyl (C=O) groups is 1. The number of piperidine rings is 1. The van der Waals surface area contributed by atoms with Gasteiger partial charge in [-0.1, -0.05) is 24.6 Å². The van der Waals surface area contributed by atoms with Crippen molar-refractivity contribution in [3.63, 3.8) is 0 Å². The molecule has 2 aromatic rings. The van der Waals surface area contributed by atoms with Gasteiger partial charge in [-0.3, -0.25) is 4.79 Å². The van der Waals surface area contributed by atoms with Gasteiger partial charge in [0.15, 0.2) is 0 Å². The van der Waals surface area contributed by atoms with E-state index >= 15 is 0 Å². The summed E-state index contributed by atoms with van der Waals surface area (Å²) >= 11 is 0. The third-order valence-corrected chi connectivity index (χ3v) is 3.99. The number of fused-ring (bicyclic) bond motifs is 1. The summed E-state index contributed by atoms with van der Waals surface area (Å²) < 4.78 is 5.80. The Labute approximate surface area is 130 Å². The standard InChI is InChI=1S/C16H20N2O2.ClH/c1-11-12-6-2-3-8-14(12)20-15(11)10-18-16(19)13-7-4-5-9-17-13;/h2-3,6,8,13,17H,4-5,7,9-10H2,1H3,(H,18,19);1H. The highest BCUT2D eigenvalue weighted by Gasteiger charge is 2.20. The topological polar surface area (TPSA) is 54.3 Å². The highest BCUT2D eigenvalue weighted by Crippen LogP contribution is 2.24. The van der Waals surface area contributed by atoms with Gasteiger partial charge in [-0.2, -0.15) is 0 Å². The van der Waals surface area contributed by atoms with Crippen molar-refractivity contribution in [1.82, 2.24) is 10.6 Å². The molecule has 1 atom stereocenters. The Morgan fingerprint density at radius 1 is 1.38 bits per heavy atom. The van der Waals surface area contributed by atoms with Crippen LogP contribution in [0, 0.1) is 6.92 Å². The number of benzene rings is 1.